The highest BCUT2D eigenvalue weighted by atomic mass is 19.4. The van der Waals surface area contributed by atoms with Crippen molar-refractivity contribution in [2.75, 3.05) is 20.1 Å². The van der Waals surface area contributed by atoms with E-state index >= 15 is 0 Å². The van der Waals surface area contributed by atoms with Crippen LogP contribution in [0.1, 0.15) is 46.3 Å². The second kappa shape index (κ2) is 8.68. The number of alkyl halides is 5. The molecule has 4 rings (SSSR count). The summed E-state index contributed by atoms with van der Waals surface area (Å²) in [6.07, 6.45) is -4.17. The maximum atomic E-state index is 13.1. The molecule has 2 aliphatic heterocycles. The lowest BCUT2D eigenvalue weighted by atomic mass is 9.80. The Hall–Kier alpha value is -2.95. The van der Waals surface area contributed by atoms with Gasteiger partial charge in [-0.15, -0.1) is 0 Å². The van der Waals surface area contributed by atoms with Gasteiger partial charge in [-0.1, -0.05) is 12.1 Å². The quantitative estimate of drug-likeness (QED) is 0.479. The summed E-state index contributed by atoms with van der Waals surface area (Å²) in [6, 6.07) is 8.39. The van der Waals surface area contributed by atoms with Crippen LogP contribution in [0, 0.1) is 0 Å². The van der Waals surface area contributed by atoms with Crippen LogP contribution in [-0.2, 0) is 12.1 Å². The van der Waals surface area contributed by atoms with E-state index in [1.165, 1.54) is 33.7 Å². The zero-order valence-corrected chi connectivity index (χ0v) is 18.6. The van der Waals surface area contributed by atoms with E-state index in [1.807, 2.05) is 14.0 Å². The Kier molecular flexibility index (Phi) is 6.17. The number of para-hydroxylation sites is 1. The molecule has 0 radical (unpaired) electrons. The molecule has 0 aliphatic carbocycles. The maximum Gasteiger partial charge on any atom is 0.456 e. The van der Waals surface area contributed by atoms with Crippen LogP contribution in [0.5, 0.6) is 5.75 Å². The molecule has 1 atom stereocenters. The molecule has 1 aromatic carbocycles. The van der Waals surface area contributed by atoms with Crippen LogP contribution in [-0.4, -0.2) is 65.0 Å². The molecule has 1 aromatic heterocycles. The number of piperidine rings is 1. The van der Waals surface area contributed by atoms with Crippen LogP contribution in [0.15, 0.2) is 36.4 Å². The first-order valence-corrected chi connectivity index (χ1v) is 10.8. The first-order chi connectivity index (χ1) is 16.0. The third kappa shape index (κ3) is 4.06. The van der Waals surface area contributed by atoms with Crippen molar-refractivity contribution >= 4 is 11.7 Å². The van der Waals surface area contributed by atoms with Gasteiger partial charge in [0.2, 0.25) is 0 Å². The summed E-state index contributed by atoms with van der Waals surface area (Å²) in [5.41, 5.74) is -0.435. The zero-order valence-electron chi connectivity index (χ0n) is 18.6. The fourth-order valence-electron chi connectivity index (χ4n) is 5.10. The first-order valence-electron chi connectivity index (χ1n) is 10.8. The molecule has 1 saturated heterocycles. The number of ether oxygens (including phenoxy) is 1. The molecule has 0 bridgehead atoms. The van der Waals surface area contributed by atoms with Gasteiger partial charge in [-0.3, -0.25) is 14.5 Å². The van der Waals surface area contributed by atoms with E-state index in [1.54, 1.807) is 12.1 Å². The Labute approximate surface area is 192 Å². The van der Waals surface area contributed by atoms with Gasteiger partial charge >= 0.3 is 12.8 Å². The van der Waals surface area contributed by atoms with Gasteiger partial charge in [0.15, 0.2) is 0 Å². The van der Waals surface area contributed by atoms with E-state index in [0.717, 1.165) is 0 Å². The number of halogens is 5. The van der Waals surface area contributed by atoms with Crippen LogP contribution in [0.3, 0.4) is 0 Å². The minimum absolute atomic E-state index is 0.0190. The number of nitrogens with zero attached hydrogens (tertiary/aromatic N) is 3. The minimum atomic E-state index is -4.97. The Morgan fingerprint density at radius 2 is 1.74 bits per heavy atom. The maximum absolute atomic E-state index is 13.1. The van der Waals surface area contributed by atoms with Crippen LogP contribution in [0.2, 0.25) is 0 Å². The number of rotatable bonds is 4. The predicted molar refractivity (Wildman–Crippen MR) is 112 cm³/mol. The fourth-order valence-corrected chi connectivity index (χ4v) is 5.10. The van der Waals surface area contributed by atoms with Gasteiger partial charge in [0.25, 0.3) is 11.7 Å². The number of hydrogen-bond acceptors (Lipinski definition) is 4. The molecule has 0 unspecified atom stereocenters. The molecule has 1 spiro atoms. The van der Waals surface area contributed by atoms with E-state index in [9.17, 15) is 31.5 Å². The highest BCUT2D eigenvalue weighted by molar-refractivity contribution is 5.99. The average molecular weight is 485 g/mol. The van der Waals surface area contributed by atoms with Crippen LogP contribution >= 0.6 is 0 Å². The summed E-state index contributed by atoms with van der Waals surface area (Å²) >= 11 is 0. The number of likely N-dealkylation sites (N-methyl/N-ethyl adjacent to an activating group) is 1. The molecule has 6 nitrogen and oxygen atoms in total. The van der Waals surface area contributed by atoms with Gasteiger partial charge in [0.1, 0.15) is 5.75 Å². The topological polar surface area (TPSA) is 54.8 Å². The van der Waals surface area contributed by atoms with Crippen molar-refractivity contribution in [1.82, 2.24) is 14.4 Å². The van der Waals surface area contributed by atoms with E-state index < -0.39 is 35.7 Å². The van der Waals surface area contributed by atoms with Crippen LogP contribution in [0.4, 0.5) is 22.0 Å². The number of hydrogen-bond donors (Lipinski definition) is 0. The number of fused-ring (bicyclic) bond motifs is 2. The number of aromatic nitrogens is 1. The van der Waals surface area contributed by atoms with Crippen molar-refractivity contribution < 1.29 is 36.3 Å². The van der Waals surface area contributed by atoms with E-state index in [4.69, 9.17) is 0 Å². The summed E-state index contributed by atoms with van der Waals surface area (Å²) in [6.45, 7) is -0.447. The first kappa shape index (κ1) is 24.2. The van der Waals surface area contributed by atoms with E-state index in [2.05, 4.69) is 9.64 Å². The van der Waals surface area contributed by atoms with Gasteiger partial charge in [-0.2, -0.15) is 22.0 Å². The highest BCUT2D eigenvalue weighted by Crippen LogP contribution is 2.44. The molecule has 3 heterocycles. The van der Waals surface area contributed by atoms with Crippen molar-refractivity contribution in [3.8, 4) is 5.75 Å². The number of carbonyl (C=O) groups is 2. The summed E-state index contributed by atoms with van der Waals surface area (Å²) < 4.78 is 70.8. The Bertz CT molecular complexity index is 1090. The van der Waals surface area contributed by atoms with Crippen LogP contribution in [0.25, 0.3) is 0 Å². The minimum Gasteiger partial charge on any atom is -0.434 e. The SMILES string of the molecule is C[C@H]1Cn2c(C(=O)C(F)(F)F)ccc2C2(CCN(C(=O)c3ccccc3OC(F)F)CC2)N1C. The predicted octanol–water partition coefficient (Wildman–Crippen LogP) is 4.30. The summed E-state index contributed by atoms with van der Waals surface area (Å²) in [4.78, 5) is 28.7. The summed E-state index contributed by atoms with van der Waals surface area (Å²) in [5, 5.41) is 0. The molecular weight excluding hydrogens is 461 g/mol. The molecule has 1 amide bonds. The lowest BCUT2D eigenvalue weighted by molar-refractivity contribution is -0.0894. The fraction of sp³-hybridized carbons (Fsp3) is 0.478. The number of carbonyl (C=O) groups excluding carboxylic acids is 2. The number of ketones is 1. The van der Waals surface area contributed by atoms with Crippen molar-refractivity contribution in [2.24, 2.45) is 0 Å². The Morgan fingerprint density at radius 3 is 2.35 bits per heavy atom. The normalized spacial score (nSPS) is 20.5. The van der Waals surface area contributed by atoms with Crippen molar-refractivity contribution in [3.05, 3.63) is 53.3 Å². The van der Waals surface area contributed by atoms with Gasteiger partial charge in [0.05, 0.1) is 16.8 Å². The van der Waals surface area contributed by atoms with Gasteiger partial charge in [-0.25, -0.2) is 0 Å². The van der Waals surface area contributed by atoms with Gasteiger partial charge in [-0.05, 0) is 51.1 Å². The molecule has 34 heavy (non-hydrogen) atoms. The van der Waals surface area contributed by atoms with Crippen molar-refractivity contribution in [2.45, 2.75) is 50.7 Å². The summed E-state index contributed by atoms with van der Waals surface area (Å²) in [5.74, 6) is -2.55. The monoisotopic (exact) mass is 485 g/mol. The lowest BCUT2D eigenvalue weighted by Gasteiger charge is -2.53. The van der Waals surface area contributed by atoms with Crippen molar-refractivity contribution in [3.63, 3.8) is 0 Å². The number of benzene rings is 1. The molecule has 2 aliphatic rings. The molecule has 0 N–H and O–H groups in total. The van der Waals surface area contributed by atoms with Crippen molar-refractivity contribution in [1.29, 1.82) is 0 Å². The molecule has 11 heteroatoms. The molecule has 184 valence electrons. The average Bonchev–Trinajstić information content (AvgIpc) is 3.20. The van der Waals surface area contributed by atoms with Gasteiger partial charge < -0.3 is 14.2 Å². The second-order valence-corrected chi connectivity index (χ2v) is 8.70. The van der Waals surface area contributed by atoms with Crippen LogP contribution < -0.4 is 4.74 Å². The molecule has 1 fully saturated rings. The highest BCUT2D eigenvalue weighted by Gasteiger charge is 2.49. The number of likely N-dealkylation sites (tertiary alicyclic amines) is 1. The third-order valence-electron chi connectivity index (χ3n) is 6.94. The summed E-state index contributed by atoms with van der Waals surface area (Å²) in [7, 11) is 1.88. The second-order valence-electron chi connectivity index (χ2n) is 8.70. The molecular formula is C23H24F5N3O3. The Morgan fingerprint density at radius 1 is 1.09 bits per heavy atom. The lowest BCUT2D eigenvalue weighted by Crippen LogP contribution is -2.59. The van der Waals surface area contributed by atoms with E-state index in [0.29, 0.717) is 18.5 Å². The number of Topliss-reactive ketones (excluding diaryl/α,β-unsaturated/α-hetero) is 1. The third-order valence-corrected chi connectivity index (χ3v) is 6.94. The Balaban J connectivity index is 1.61. The van der Waals surface area contributed by atoms with Gasteiger partial charge in [0, 0.05) is 31.4 Å². The molecule has 2 aromatic rings. The number of amides is 1. The largest absolute Gasteiger partial charge is 0.456 e. The van der Waals surface area contributed by atoms with E-state index in [-0.39, 0.29) is 37.0 Å². The molecule has 0 saturated carbocycles. The standard InChI is InChI=1S/C23H24F5N3O3/c1-14-13-31-16(19(32)23(26,27)28)7-8-18(31)22(29(14)2)9-11-30(12-10-22)20(33)15-5-3-4-6-17(15)34-21(24)25/h3-8,14,21H,9-13H2,1-2H3/t14-/m0/s1. The zero-order chi connectivity index (χ0) is 24.8. The smallest absolute Gasteiger partial charge is 0.434 e.